The Morgan fingerprint density at radius 1 is 0.840 bits per heavy atom. The molecule has 2 amide bonds. The fraction of sp³-hybridized carbons (Fsp3) is 0.900. The summed E-state index contributed by atoms with van der Waals surface area (Å²) < 4.78 is 0. The molecule has 0 atom stereocenters. The zero-order valence-electron chi connectivity index (χ0n) is 15.2. The zero-order valence-corrected chi connectivity index (χ0v) is 16.0. The highest BCUT2D eigenvalue weighted by molar-refractivity contribution is 6.17. The molecule has 5 rings (SSSR count). The van der Waals surface area contributed by atoms with Gasteiger partial charge in [0, 0.05) is 44.9 Å². The first-order valence-corrected chi connectivity index (χ1v) is 10.7. The summed E-state index contributed by atoms with van der Waals surface area (Å²) in [5.74, 6) is 3.76. The summed E-state index contributed by atoms with van der Waals surface area (Å²) in [4.78, 5) is 29.0. The van der Waals surface area contributed by atoms with Crippen molar-refractivity contribution in [3.8, 4) is 0 Å². The molecular weight excluding hydrogens is 336 g/mol. The molecule has 0 N–H and O–H groups in total. The van der Waals surface area contributed by atoms with E-state index < -0.39 is 0 Å². The average molecular weight is 367 g/mol. The molecule has 4 nitrogen and oxygen atoms in total. The number of hydrogen-bond acceptors (Lipinski definition) is 2. The first kappa shape index (κ1) is 17.6. The Kier molecular flexibility index (Phi) is 5.00. The van der Waals surface area contributed by atoms with Crippen molar-refractivity contribution in [3.05, 3.63) is 0 Å². The first-order valence-electron chi connectivity index (χ1n) is 10.2. The van der Waals surface area contributed by atoms with E-state index in [4.69, 9.17) is 11.6 Å². The first-order chi connectivity index (χ1) is 12.1. The third-order valence-electron chi connectivity index (χ3n) is 7.20. The lowest BCUT2D eigenvalue weighted by molar-refractivity contribution is -0.144. The third-order valence-corrected chi connectivity index (χ3v) is 7.47. The summed E-state index contributed by atoms with van der Waals surface area (Å²) in [6, 6.07) is 0. The maximum absolute atomic E-state index is 12.9. The molecule has 5 fully saturated rings. The van der Waals surface area contributed by atoms with Crippen LogP contribution in [0.2, 0.25) is 0 Å². The van der Waals surface area contributed by atoms with E-state index in [2.05, 4.69) is 0 Å². The molecule has 4 saturated carbocycles. The molecule has 0 aromatic carbocycles. The van der Waals surface area contributed by atoms with E-state index >= 15 is 0 Å². The maximum atomic E-state index is 12.9. The van der Waals surface area contributed by atoms with Crippen molar-refractivity contribution in [1.82, 2.24) is 9.80 Å². The normalized spacial score (nSPS) is 36.8. The predicted molar refractivity (Wildman–Crippen MR) is 98.3 cm³/mol. The van der Waals surface area contributed by atoms with Gasteiger partial charge in [-0.15, -0.1) is 11.6 Å². The molecule has 25 heavy (non-hydrogen) atoms. The van der Waals surface area contributed by atoms with Gasteiger partial charge in [0.1, 0.15) is 0 Å². The van der Waals surface area contributed by atoms with Crippen LogP contribution in [-0.4, -0.2) is 53.7 Å². The van der Waals surface area contributed by atoms with Crippen molar-refractivity contribution in [2.24, 2.45) is 23.2 Å². The molecule has 4 bridgehead atoms. The van der Waals surface area contributed by atoms with Gasteiger partial charge in [0.05, 0.1) is 0 Å². The SMILES string of the molecule is O=C(CCCCl)N1CCN(C(=O)CC23CC4CC(CC(C4)C2)C3)CC1. The van der Waals surface area contributed by atoms with Crippen molar-refractivity contribution < 1.29 is 9.59 Å². The van der Waals surface area contributed by atoms with Gasteiger partial charge in [-0.05, 0) is 68.1 Å². The summed E-state index contributed by atoms with van der Waals surface area (Å²) in [6.07, 6.45) is 10.2. The molecule has 0 radical (unpaired) electrons. The molecule has 140 valence electrons. The highest BCUT2D eigenvalue weighted by Gasteiger charge is 2.51. The zero-order chi connectivity index (χ0) is 17.4. The van der Waals surface area contributed by atoms with Gasteiger partial charge >= 0.3 is 0 Å². The Balaban J connectivity index is 1.29. The summed E-state index contributed by atoms with van der Waals surface area (Å²) in [5, 5.41) is 0. The topological polar surface area (TPSA) is 40.6 Å². The van der Waals surface area contributed by atoms with E-state index in [1.165, 1.54) is 38.5 Å². The van der Waals surface area contributed by atoms with E-state index in [0.29, 0.717) is 49.8 Å². The monoisotopic (exact) mass is 366 g/mol. The van der Waals surface area contributed by atoms with Crippen LogP contribution in [0.1, 0.15) is 57.8 Å². The molecule has 1 aliphatic heterocycles. The molecule has 1 heterocycles. The number of rotatable bonds is 5. The molecule has 0 aromatic rings. The Hall–Kier alpha value is -0.770. The van der Waals surface area contributed by atoms with Gasteiger partial charge in [0.2, 0.25) is 11.8 Å². The van der Waals surface area contributed by atoms with E-state index in [-0.39, 0.29) is 5.91 Å². The second kappa shape index (κ2) is 7.09. The average Bonchev–Trinajstić information content (AvgIpc) is 2.58. The van der Waals surface area contributed by atoms with Crippen molar-refractivity contribution in [2.75, 3.05) is 32.1 Å². The lowest BCUT2D eigenvalue weighted by Crippen LogP contribution is -2.53. The Morgan fingerprint density at radius 2 is 1.32 bits per heavy atom. The maximum Gasteiger partial charge on any atom is 0.223 e. The number of carbonyl (C=O) groups excluding carboxylic acids is 2. The van der Waals surface area contributed by atoms with Gasteiger partial charge in [-0.1, -0.05) is 0 Å². The van der Waals surface area contributed by atoms with Gasteiger partial charge in [0.15, 0.2) is 0 Å². The van der Waals surface area contributed by atoms with Crippen LogP contribution < -0.4 is 0 Å². The fourth-order valence-corrected chi connectivity index (χ4v) is 6.65. The molecule has 0 spiro atoms. The highest BCUT2D eigenvalue weighted by Crippen LogP contribution is 2.61. The molecule has 5 aliphatic rings. The minimum atomic E-state index is 0.189. The molecule has 4 aliphatic carbocycles. The summed E-state index contributed by atoms with van der Waals surface area (Å²) in [6.45, 7) is 2.79. The smallest absolute Gasteiger partial charge is 0.223 e. The number of carbonyl (C=O) groups is 2. The molecule has 5 heteroatoms. The minimum absolute atomic E-state index is 0.189. The summed E-state index contributed by atoms with van der Waals surface area (Å²) >= 11 is 5.67. The van der Waals surface area contributed by atoms with Gasteiger partial charge in [-0.25, -0.2) is 0 Å². The van der Waals surface area contributed by atoms with Crippen molar-refractivity contribution in [3.63, 3.8) is 0 Å². The van der Waals surface area contributed by atoms with Crippen LogP contribution in [0.4, 0.5) is 0 Å². The van der Waals surface area contributed by atoms with Crippen LogP contribution in [-0.2, 0) is 9.59 Å². The molecule has 0 unspecified atom stereocenters. The van der Waals surface area contributed by atoms with E-state index in [9.17, 15) is 9.59 Å². The number of amides is 2. The van der Waals surface area contributed by atoms with Crippen LogP contribution >= 0.6 is 11.6 Å². The van der Waals surface area contributed by atoms with E-state index in [1.807, 2.05) is 9.80 Å². The molecular formula is C20H31ClN2O2. The van der Waals surface area contributed by atoms with E-state index in [0.717, 1.165) is 30.6 Å². The number of hydrogen-bond donors (Lipinski definition) is 0. The second-order valence-corrected chi connectivity index (χ2v) is 9.53. The number of halogens is 1. The van der Waals surface area contributed by atoms with Gasteiger partial charge in [0.25, 0.3) is 0 Å². The standard InChI is InChI=1S/C20H31ClN2O2/c21-3-1-2-18(24)22-4-6-23(7-5-22)19(25)14-20-11-15-8-16(12-20)10-17(9-15)13-20/h15-17H,1-14H2. The number of nitrogens with zero attached hydrogens (tertiary/aromatic N) is 2. The van der Waals surface area contributed by atoms with Gasteiger partial charge in [-0.3, -0.25) is 9.59 Å². The van der Waals surface area contributed by atoms with Crippen LogP contribution in [0.15, 0.2) is 0 Å². The van der Waals surface area contributed by atoms with Crippen LogP contribution in [0, 0.1) is 23.2 Å². The van der Waals surface area contributed by atoms with Crippen LogP contribution in [0.25, 0.3) is 0 Å². The Bertz CT molecular complexity index is 493. The lowest BCUT2D eigenvalue weighted by atomic mass is 9.49. The Labute approximate surface area is 156 Å². The largest absolute Gasteiger partial charge is 0.339 e. The predicted octanol–water partition coefficient (Wildman–Crippen LogP) is 3.28. The van der Waals surface area contributed by atoms with Gasteiger partial charge in [-0.2, -0.15) is 0 Å². The van der Waals surface area contributed by atoms with E-state index in [1.54, 1.807) is 0 Å². The van der Waals surface area contributed by atoms with Crippen molar-refractivity contribution in [1.29, 1.82) is 0 Å². The summed E-state index contributed by atoms with van der Waals surface area (Å²) in [5.41, 5.74) is 0.319. The second-order valence-electron chi connectivity index (χ2n) is 9.15. The molecule has 1 saturated heterocycles. The van der Waals surface area contributed by atoms with Crippen LogP contribution in [0.5, 0.6) is 0 Å². The lowest BCUT2D eigenvalue weighted by Gasteiger charge is -2.57. The Morgan fingerprint density at radius 3 is 1.80 bits per heavy atom. The number of piperazine rings is 1. The quantitative estimate of drug-likeness (QED) is 0.700. The van der Waals surface area contributed by atoms with Crippen LogP contribution in [0.3, 0.4) is 0 Å². The fourth-order valence-electron chi connectivity index (χ4n) is 6.52. The third kappa shape index (κ3) is 3.70. The summed E-state index contributed by atoms with van der Waals surface area (Å²) in [7, 11) is 0. The van der Waals surface area contributed by atoms with Crippen molar-refractivity contribution >= 4 is 23.4 Å². The highest BCUT2D eigenvalue weighted by atomic mass is 35.5. The van der Waals surface area contributed by atoms with Gasteiger partial charge < -0.3 is 9.80 Å². The number of alkyl halides is 1. The minimum Gasteiger partial charge on any atom is -0.339 e. The molecule has 0 aromatic heterocycles. The van der Waals surface area contributed by atoms with Crippen molar-refractivity contribution in [2.45, 2.75) is 57.8 Å².